The predicted molar refractivity (Wildman–Crippen MR) is 79.8 cm³/mol. The van der Waals surface area contributed by atoms with Crippen LogP contribution in [0, 0.1) is 12.3 Å². The molecule has 0 saturated heterocycles. The lowest BCUT2D eigenvalue weighted by Gasteiger charge is -2.04. The minimum absolute atomic E-state index is 0.117. The van der Waals surface area contributed by atoms with Crippen molar-refractivity contribution in [3.63, 3.8) is 0 Å². The molecule has 4 N–H and O–H groups in total. The first-order valence-corrected chi connectivity index (χ1v) is 6.35. The molecule has 0 bridgehead atoms. The van der Waals surface area contributed by atoms with Gasteiger partial charge in [-0.3, -0.25) is 4.79 Å². The van der Waals surface area contributed by atoms with Crippen LogP contribution < -0.4 is 11.5 Å². The third-order valence-corrected chi connectivity index (χ3v) is 3.34. The number of nitrogens with two attached hydrogens (primary N) is 2. The van der Waals surface area contributed by atoms with E-state index >= 15 is 0 Å². The van der Waals surface area contributed by atoms with Gasteiger partial charge < -0.3 is 11.5 Å². The van der Waals surface area contributed by atoms with Crippen molar-refractivity contribution in [3.8, 4) is 12.3 Å². The molecule has 0 radical (unpaired) electrons. The van der Waals surface area contributed by atoms with Gasteiger partial charge >= 0.3 is 0 Å². The summed E-state index contributed by atoms with van der Waals surface area (Å²) in [5.41, 5.74) is 13.5. The molecule has 4 heteroatoms. The van der Waals surface area contributed by atoms with Crippen LogP contribution in [0.5, 0.6) is 0 Å². The molecule has 2 aromatic carbocycles. The Balaban J connectivity index is 2.23. The lowest BCUT2D eigenvalue weighted by atomic mass is 10.2. The Hall–Kier alpha value is -2.38. The molecule has 0 spiro atoms. The summed E-state index contributed by atoms with van der Waals surface area (Å²) in [7, 11) is 0. The van der Waals surface area contributed by atoms with Crippen molar-refractivity contribution in [2.75, 3.05) is 11.5 Å². The van der Waals surface area contributed by atoms with Crippen LogP contribution in [0.3, 0.4) is 0 Å². The number of hydrogen-bond donors (Lipinski definition) is 2. The maximum Gasteiger partial charge on any atom is 0.224 e. The summed E-state index contributed by atoms with van der Waals surface area (Å²) in [5, 5.41) is -0.117. The molecule has 0 saturated carbocycles. The summed E-state index contributed by atoms with van der Waals surface area (Å²) in [4.78, 5) is 12.9. The fourth-order valence-corrected chi connectivity index (χ4v) is 2.39. The van der Waals surface area contributed by atoms with Gasteiger partial charge in [0.15, 0.2) is 0 Å². The molecule has 0 aromatic heterocycles. The molecule has 0 amide bonds. The van der Waals surface area contributed by atoms with E-state index in [0.717, 1.165) is 22.2 Å². The van der Waals surface area contributed by atoms with E-state index in [9.17, 15) is 4.79 Å². The maximum absolute atomic E-state index is 12.1. The Kier molecular flexibility index (Phi) is 3.79. The number of nitrogen functional groups attached to an aromatic ring is 2. The summed E-state index contributed by atoms with van der Waals surface area (Å²) < 4.78 is 0. The van der Waals surface area contributed by atoms with E-state index in [-0.39, 0.29) is 5.12 Å². The first-order chi connectivity index (χ1) is 9.08. The fourth-order valence-electron chi connectivity index (χ4n) is 1.61. The highest BCUT2D eigenvalue weighted by Crippen LogP contribution is 2.25. The van der Waals surface area contributed by atoms with Crippen LogP contribution in [-0.4, -0.2) is 5.12 Å². The number of terminal acetylenes is 1. The quantitative estimate of drug-likeness (QED) is 0.499. The van der Waals surface area contributed by atoms with Crippen molar-refractivity contribution in [1.29, 1.82) is 0 Å². The monoisotopic (exact) mass is 268 g/mol. The zero-order chi connectivity index (χ0) is 13.8. The highest BCUT2D eigenvalue weighted by molar-refractivity contribution is 8.14. The Labute approximate surface area is 116 Å². The van der Waals surface area contributed by atoms with Crippen LogP contribution >= 0.6 is 11.8 Å². The number of hydrogen-bond acceptors (Lipinski definition) is 4. The molecule has 2 aromatic rings. The van der Waals surface area contributed by atoms with E-state index < -0.39 is 0 Å². The molecule has 3 nitrogen and oxygen atoms in total. The number of thioether (sulfide) groups is 1. The second-order valence-corrected chi connectivity index (χ2v) is 5.00. The first kappa shape index (κ1) is 13.1. The molecule has 0 unspecified atom stereocenters. The number of benzene rings is 2. The smallest absolute Gasteiger partial charge is 0.224 e. The second-order valence-electron chi connectivity index (χ2n) is 3.95. The van der Waals surface area contributed by atoms with Gasteiger partial charge in [-0.2, -0.15) is 0 Å². The Bertz CT molecular complexity index is 654. The van der Waals surface area contributed by atoms with E-state index in [1.165, 1.54) is 0 Å². The SMILES string of the molecule is C#Cc1cccc(SC(=O)c2cc(N)cc(N)c2)c1. The average Bonchev–Trinajstić information content (AvgIpc) is 2.37. The molecule has 0 aliphatic heterocycles. The summed E-state index contributed by atoms with van der Waals surface area (Å²) in [6.07, 6.45) is 5.32. The van der Waals surface area contributed by atoms with E-state index in [4.69, 9.17) is 17.9 Å². The van der Waals surface area contributed by atoms with Crippen LogP contribution in [0.25, 0.3) is 0 Å². The normalized spacial score (nSPS) is 9.84. The largest absolute Gasteiger partial charge is 0.399 e. The molecule has 2 rings (SSSR count). The summed E-state index contributed by atoms with van der Waals surface area (Å²) >= 11 is 1.10. The minimum atomic E-state index is -0.117. The highest BCUT2D eigenvalue weighted by Gasteiger charge is 2.09. The van der Waals surface area contributed by atoms with Gasteiger partial charge in [0, 0.05) is 27.4 Å². The molecule has 0 aliphatic carbocycles. The first-order valence-electron chi connectivity index (χ1n) is 5.53. The van der Waals surface area contributed by atoms with Gasteiger partial charge in [-0.15, -0.1) is 6.42 Å². The summed E-state index contributed by atoms with van der Waals surface area (Å²) in [5.74, 6) is 2.53. The molecule has 0 heterocycles. The molecule has 0 aliphatic rings. The predicted octanol–water partition coefficient (Wildman–Crippen LogP) is 2.76. The van der Waals surface area contributed by atoms with Crippen LogP contribution in [0.4, 0.5) is 11.4 Å². The van der Waals surface area contributed by atoms with Gasteiger partial charge in [0.05, 0.1) is 0 Å². The molecule has 0 atom stereocenters. The van der Waals surface area contributed by atoms with E-state index in [1.807, 2.05) is 18.2 Å². The fraction of sp³-hybridized carbons (Fsp3) is 0. The van der Waals surface area contributed by atoms with Crippen LogP contribution in [0.1, 0.15) is 15.9 Å². The summed E-state index contributed by atoms with van der Waals surface area (Å²) in [6, 6.07) is 12.1. The Morgan fingerprint density at radius 1 is 1.11 bits per heavy atom. The van der Waals surface area contributed by atoms with Crippen LogP contribution in [0.2, 0.25) is 0 Å². The van der Waals surface area contributed by atoms with Gasteiger partial charge in [0.1, 0.15) is 0 Å². The van der Waals surface area contributed by atoms with Crippen molar-refractivity contribution in [2.24, 2.45) is 0 Å². The topological polar surface area (TPSA) is 69.1 Å². The van der Waals surface area contributed by atoms with E-state index in [1.54, 1.807) is 24.3 Å². The van der Waals surface area contributed by atoms with E-state index in [0.29, 0.717) is 16.9 Å². The van der Waals surface area contributed by atoms with Gasteiger partial charge in [0.25, 0.3) is 0 Å². The van der Waals surface area contributed by atoms with Crippen molar-refractivity contribution >= 4 is 28.3 Å². The van der Waals surface area contributed by atoms with Crippen LogP contribution in [-0.2, 0) is 0 Å². The van der Waals surface area contributed by atoms with E-state index in [2.05, 4.69) is 5.92 Å². The molecular weight excluding hydrogens is 256 g/mol. The third-order valence-electron chi connectivity index (χ3n) is 2.42. The Morgan fingerprint density at radius 3 is 2.42 bits per heavy atom. The van der Waals surface area contributed by atoms with Crippen molar-refractivity contribution in [1.82, 2.24) is 0 Å². The number of anilines is 2. The lowest BCUT2D eigenvalue weighted by Crippen LogP contribution is -1.98. The zero-order valence-corrected chi connectivity index (χ0v) is 10.9. The minimum Gasteiger partial charge on any atom is -0.399 e. The molecule has 0 fully saturated rings. The number of rotatable bonds is 2. The second kappa shape index (κ2) is 5.51. The van der Waals surface area contributed by atoms with Gasteiger partial charge in [-0.05, 0) is 48.2 Å². The zero-order valence-electron chi connectivity index (χ0n) is 10.1. The standard InChI is InChI=1S/C15H12N2OS/c1-2-10-4-3-5-14(6-10)19-15(18)11-7-12(16)9-13(17)8-11/h1,3-9H,16-17H2. The van der Waals surface area contributed by atoms with Gasteiger partial charge in [0.2, 0.25) is 5.12 Å². The molecule has 94 valence electrons. The van der Waals surface area contributed by atoms with Crippen LogP contribution in [0.15, 0.2) is 47.4 Å². The third kappa shape index (κ3) is 3.30. The average molecular weight is 268 g/mol. The highest BCUT2D eigenvalue weighted by atomic mass is 32.2. The maximum atomic E-state index is 12.1. The van der Waals surface area contributed by atoms with Crippen molar-refractivity contribution in [2.45, 2.75) is 4.90 Å². The lowest BCUT2D eigenvalue weighted by molar-refractivity contribution is 0.108. The Morgan fingerprint density at radius 2 is 1.79 bits per heavy atom. The number of carbonyl (C=O) groups excluding carboxylic acids is 1. The molecule has 19 heavy (non-hydrogen) atoms. The van der Waals surface area contributed by atoms with Crippen molar-refractivity contribution in [3.05, 3.63) is 53.6 Å². The van der Waals surface area contributed by atoms with Crippen molar-refractivity contribution < 1.29 is 4.79 Å². The molecular formula is C15H12N2OS. The van der Waals surface area contributed by atoms with Gasteiger partial charge in [-0.1, -0.05) is 12.0 Å². The van der Waals surface area contributed by atoms with Gasteiger partial charge in [-0.25, -0.2) is 0 Å². The summed E-state index contributed by atoms with van der Waals surface area (Å²) in [6.45, 7) is 0. The number of carbonyl (C=O) groups is 1.